The molecule has 0 radical (unpaired) electrons. The smallest absolute Gasteiger partial charge is 0.214 e. The number of nitrogens with one attached hydrogen (secondary N) is 1. The average Bonchev–Trinajstić information content (AvgIpc) is 2.86. The number of fused-ring (bicyclic) bond motifs is 1. The first-order valence-corrected chi connectivity index (χ1v) is 8.31. The Labute approximate surface area is 113 Å². The first kappa shape index (κ1) is 13.0. The number of rotatable bonds is 3. The van der Waals surface area contributed by atoms with Crippen molar-refractivity contribution in [3.05, 3.63) is 12.2 Å². The van der Waals surface area contributed by atoms with Gasteiger partial charge in [0.15, 0.2) is 0 Å². The monoisotopic (exact) mass is 285 g/mol. The highest BCUT2D eigenvalue weighted by Gasteiger charge is 2.30. The van der Waals surface area contributed by atoms with Crippen molar-refractivity contribution in [2.24, 2.45) is 5.92 Å². The lowest BCUT2D eigenvalue weighted by Gasteiger charge is -2.29. The first-order chi connectivity index (χ1) is 9.15. The second-order valence-electron chi connectivity index (χ2n) is 5.25. The van der Waals surface area contributed by atoms with Gasteiger partial charge in [0.05, 0.1) is 12.3 Å². The predicted octanol–water partition coefficient (Wildman–Crippen LogP) is -0.577. The number of hydrogen-bond acceptors (Lipinski definition) is 5. The van der Waals surface area contributed by atoms with Crippen LogP contribution in [0.4, 0.5) is 0 Å². The van der Waals surface area contributed by atoms with Crippen LogP contribution in [0.15, 0.2) is 6.33 Å². The molecule has 1 aromatic rings. The zero-order valence-corrected chi connectivity index (χ0v) is 11.6. The quantitative estimate of drug-likeness (QED) is 0.804. The fourth-order valence-electron chi connectivity index (χ4n) is 2.73. The number of sulfonamides is 1. The number of piperidine rings is 1. The summed E-state index contributed by atoms with van der Waals surface area (Å²) in [6.07, 6.45) is 3.55. The highest BCUT2D eigenvalue weighted by atomic mass is 32.2. The van der Waals surface area contributed by atoms with Gasteiger partial charge in [-0.25, -0.2) is 8.42 Å². The molecular formula is C11H19N5O2S. The Kier molecular flexibility index (Phi) is 3.55. The summed E-state index contributed by atoms with van der Waals surface area (Å²) in [5.41, 5.74) is 0. The molecule has 106 valence electrons. The van der Waals surface area contributed by atoms with Gasteiger partial charge in [0.1, 0.15) is 12.2 Å². The van der Waals surface area contributed by atoms with Crippen LogP contribution in [0.2, 0.25) is 0 Å². The highest BCUT2D eigenvalue weighted by molar-refractivity contribution is 7.89. The van der Waals surface area contributed by atoms with Gasteiger partial charge in [0.2, 0.25) is 10.0 Å². The van der Waals surface area contributed by atoms with Crippen molar-refractivity contribution < 1.29 is 8.42 Å². The third-order valence-electron chi connectivity index (χ3n) is 3.90. The van der Waals surface area contributed by atoms with E-state index in [2.05, 4.69) is 15.5 Å². The molecule has 19 heavy (non-hydrogen) atoms. The van der Waals surface area contributed by atoms with Crippen molar-refractivity contribution in [1.82, 2.24) is 24.4 Å². The Balaban J connectivity index is 1.67. The first-order valence-electron chi connectivity index (χ1n) is 6.70. The van der Waals surface area contributed by atoms with Gasteiger partial charge in [-0.05, 0) is 31.8 Å². The fraction of sp³-hybridized carbons (Fsp3) is 0.818. The van der Waals surface area contributed by atoms with Gasteiger partial charge in [0.25, 0.3) is 0 Å². The molecule has 2 aliphatic rings. The number of aromatic nitrogens is 3. The normalized spacial score (nSPS) is 22.3. The van der Waals surface area contributed by atoms with Gasteiger partial charge in [-0.3, -0.25) is 0 Å². The van der Waals surface area contributed by atoms with Gasteiger partial charge in [-0.1, -0.05) is 0 Å². The predicted molar refractivity (Wildman–Crippen MR) is 69.8 cm³/mol. The lowest BCUT2D eigenvalue weighted by molar-refractivity contribution is 0.326. The van der Waals surface area contributed by atoms with Gasteiger partial charge in [-0.2, -0.15) is 4.31 Å². The van der Waals surface area contributed by atoms with Crippen LogP contribution in [0.1, 0.15) is 18.7 Å². The summed E-state index contributed by atoms with van der Waals surface area (Å²) < 4.78 is 28.3. The van der Waals surface area contributed by atoms with E-state index in [9.17, 15) is 8.42 Å². The molecule has 1 aromatic heterocycles. The summed E-state index contributed by atoms with van der Waals surface area (Å²) in [5.74, 6) is 1.29. The minimum absolute atomic E-state index is 0.267. The molecule has 7 nitrogen and oxygen atoms in total. The molecule has 0 spiro atoms. The maximum Gasteiger partial charge on any atom is 0.214 e. The lowest BCUT2D eigenvalue weighted by atomic mass is 10.0. The van der Waals surface area contributed by atoms with E-state index in [1.54, 1.807) is 10.6 Å². The molecule has 1 saturated heterocycles. The third kappa shape index (κ3) is 2.80. The van der Waals surface area contributed by atoms with E-state index in [0.29, 0.717) is 19.6 Å². The molecule has 0 amide bonds. The van der Waals surface area contributed by atoms with Gasteiger partial charge in [0, 0.05) is 13.1 Å². The summed E-state index contributed by atoms with van der Waals surface area (Å²) in [4.78, 5) is 0. The Morgan fingerprint density at radius 3 is 2.89 bits per heavy atom. The summed E-state index contributed by atoms with van der Waals surface area (Å²) in [5, 5.41) is 11.0. The maximum atomic E-state index is 12.4. The van der Waals surface area contributed by atoms with Crippen molar-refractivity contribution in [3.63, 3.8) is 0 Å². The molecule has 1 fully saturated rings. The summed E-state index contributed by atoms with van der Waals surface area (Å²) in [6, 6.07) is 0. The standard InChI is InChI=1S/C11H19N5O2S/c17-19(18,8-10-1-3-12-4-2-10)16-6-5-15-9-13-14-11(15)7-16/h9-10,12H,1-8H2. The molecule has 0 aliphatic carbocycles. The van der Waals surface area contributed by atoms with E-state index in [-0.39, 0.29) is 11.7 Å². The van der Waals surface area contributed by atoms with E-state index < -0.39 is 10.0 Å². The second kappa shape index (κ2) is 5.18. The van der Waals surface area contributed by atoms with E-state index >= 15 is 0 Å². The van der Waals surface area contributed by atoms with Crippen LogP contribution in [0.5, 0.6) is 0 Å². The zero-order chi connectivity index (χ0) is 13.3. The van der Waals surface area contributed by atoms with Crippen LogP contribution in [0.25, 0.3) is 0 Å². The van der Waals surface area contributed by atoms with E-state index in [1.807, 2.05) is 4.57 Å². The molecule has 0 bridgehead atoms. The van der Waals surface area contributed by atoms with Crippen LogP contribution in [-0.2, 0) is 23.1 Å². The molecule has 0 aromatic carbocycles. The van der Waals surface area contributed by atoms with Gasteiger partial charge < -0.3 is 9.88 Å². The fourth-order valence-corrected chi connectivity index (χ4v) is 4.55. The molecule has 3 heterocycles. The zero-order valence-electron chi connectivity index (χ0n) is 10.8. The number of hydrogen-bond donors (Lipinski definition) is 1. The van der Waals surface area contributed by atoms with E-state index in [1.165, 1.54) is 0 Å². The Morgan fingerprint density at radius 2 is 2.11 bits per heavy atom. The summed E-state index contributed by atoms with van der Waals surface area (Å²) in [7, 11) is -3.18. The van der Waals surface area contributed by atoms with Crippen molar-refractivity contribution >= 4 is 10.0 Å². The van der Waals surface area contributed by atoms with Crippen LogP contribution >= 0.6 is 0 Å². The maximum absolute atomic E-state index is 12.4. The van der Waals surface area contributed by atoms with Crippen molar-refractivity contribution in [1.29, 1.82) is 0 Å². The molecule has 0 atom stereocenters. The van der Waals surface area contributed by atoms with Crippen LogP contribution in [0.3, 0.4) is 0 Å². The molecule has 8 heteroatoms. The molecule has 2 aliphatic heterocycles. The SMILES string of the molecule is O=S(=O)(CC1CCNCC1)N1CCn2cnnc2C1. The van der Waals surface area contributed by atoms with Crippen molar-refractivity contribution in [3.8, 4) is 0 Å². The highest BCUT2D eigenvalue weighted by Crippen LogP contribution is 2.19. The molecule has 0 saturated carbocycles. The third-order valence-corrected chi connectivity index (χ3v) is 5.89. The Morgan fingerprint density at radius 1 is 1.32 bits per heavy atom. The van der Waals surface area contributed by atoms with Crippen LogP contribution < -0.4 is 5.32 Å². The molecule has 0 unspecified atom stereocenters. The topological polar surface area (TPSA) is 80.1 Å². The second-order valence-corrected chi connectivity index (χ2v) is 7.26. The average molecular weight is 285 g/mol. The molecule has 1 N–H and O–H groups in total. The van der Waals surface area contributed by atoms with Crippen LogP contribution in [-0.4, -0.2) is 52.9 Å². The van der Waals surface area contributed by atoms with Crippen molar-refractivity contribution in [2.45, 2.75) is 25.9 Å². The summed E-state index contributed by atoms with van der Waals surface area (Å²) >= 11 is 0. The minimum Gasteiger partial charge on any atom is -0.317 e. The number of nitrogens with zero attached hydrogens (tertiary/aromatic N) is 4. The Bertz CT molecular complexity index is 535. The van der Waals surface area contributed by atoms with Gasteiger partial charge in [-0.15, -0.1) is 10.2 Å². The van der Waals surface area contributed by atoms with Crippen LogP contribution in [0, 0.1) is 5.92 Å². The van der Waals surface area contributed by atoms with Crippen molar-refractivity contribution in [2.75, 3.05) is 25.4 Å². The minimum atomic E-state index is -3.18. The largest absolute Gasteiger partial charge is 0.317 e. The Hall–Kier alpha value is -0.990. The molecule has 3 rings (SSSR count). The lowest BCUT2D eigenvalue weighted by Crippen LogP contribution is -2.42. The van der Waals surface area contributed by atoms with E-state index in [0.717, 1.165) is 31.8 Å². The summed E-state index contributed by atoms with van der Waals surface area (Å²) in [6.45, 7) is 3.38. The van der Waals surface area contributed by atoms with E-state index in [4.69, 9.17) is 0 Å². The molecular weight excluding hydrogens is 266 g/mol. The van der Waals surface area contributed by atoms with Gasteiger partial charge >= 0.3 is 0 Å².